The number of hydrogen-bond donors (Lipinski definition) is 4. The minimum absolute atomic E-state index is 0.0278. The number of hydrogen-bond acceptors (Lipinski definition) is 5. The van der Waals surface area contributed by atoms with E-state index in [9.17, 15) is 9.90 Å². The average molecular weight is 302 g/mol. The van der Waals surface area contributed by atoms with E-state index in [-0.39, 0.29) is 5.75 Å². The number of nitrogen functional groups attached to an aromatic ring is 2. The molecule has 0 atom stereocenters. The molecule has 22 heavy (non-hydrogen) atoms. The first-order valence-electron chi connectivity index (χ1n) is 6.31. The molecule has 0 aliphatic heterocycles. The summed E-state index contributed by atoms with van der Waals surface area (Å²) >= 11 is 0. The van der Waals surface area contributed by atoms with Gasteiger partial charge in [0.2, 0.25) is 0 Å². The third-order valence-corrected chi connectivity index (χ3v) is 2.56. The number of anilines is 2. The first-order chi connectivity index (χ1) is 10.4. The predicted molar refractivity (Wildman–Crippen MR) is 86.6 cm³/mol. The molecule has 0 unspecified atom stereocenters. The lowest BCUT2D eigenvalue weighted by Gasteiger charge is -2.03. The highest BCUT2D eigenvalue weighted by Gasteiger charge is 2.00. The number of phenolic OH excluding ortho intramolecular Hbond substituents is 1. The van der Waals surface area contributed by atoms with E-state index in [0.29, 0.717) is 11.3 Å². The van der Waals surface area contributed by atoms with E-state index in [1.807, 2.05) is 0 Å². The van der Waals surface area contributed by atoms with Crippen molar-refractivity contribution in [3.8, 4) is 11.5 Å². The number of phenols is 1. The third kappa shape index (κ3) is 5.87. The fourth-order valence-electron chi connectivity index (χ4n) is 1.46. The van der Waals surface area contributed by atoms with Crippen molar-refractivity contribution in [3.63, 3.8) is 0 Å². The van der Waals surface area contributed by atoms with Gasteiger partial charge < -0.3 is 26.4 Å². The van der Waals surface area contributed by atoms with Gasteiger partial charge in [-0.15, -0.1) is 0 Å². The Morgan fingerprint density at radius 1 is 1.09 bits per heavy atom. The Balaban J connectivity index is 0.000000255. The first-order valence-corrected chi connectivity index (χ1v) is 6.31. The van der Waals surface area contributed by atoms with Gasteiger partial charge in [0.25, 0.3) is 0 Å². The maximum absolute atomic E-state index is 10.2. The number of carboxylic acids is 1. The van der Waals surface area contributed by atoms with Gasteiger partial charge in [-0.2, -0.15) is 0 Å². The van der Waals surface area contributed by atoms with E-state index < -0.39 is 5.97 Å². The molecule has 0 aliphatic rings. The van der Waals surface area contributed by atoms with Crippen LogP contribution in [0, 0.1) is 0 Å². The maximum atomic E-state index is 10.2. The van der Waals surface area contributed by atoms with Crippen molar-refractivity contribution in [3.05, 3.63) is 54.1 Å². The van der Waals surface area contributed by atoms with Crippen molar-refractivity contribution >= 4 is 23.4 Å². The van der Waals surface area contributed by atoms with Crippen molar-refractivity contribution in [2.24, 2.45) is 0 Å². The van der Waals surface area contributed by atoms with Crippen LogP contribution < -0.4 is 16.2 Å². The van der Waals surface area contributed by atoms with E-state index in [4.69, 9.17) is 21.3 Å². The fraction of sp³-hybridized carbons (Fsp3) is 0.0625. The molecule has 0 amide bonds. The van der Waals surface area contributed by atoms with E-state index in [1.54, 1.807) is 36.4 Å². The highest BCUT2D eigenvalue weighted by atomic mass is 16.5. The quantitative estimate of drug-likeness (QED) is 0.510. The van der Waals surface area contributed by atoms with E-state index in [0.717, 1.165) is 17.5 Å². The highest BCUT2D eigenvalue weighted by molar-refractivity contribution is 5.85. The summed E-state index contributed by atoms with van der Waals surface area (Å²) in [4.78, 5) is 10.2. The number of carbonyl (C=O) groups is 1. The molecule has 2 rings (SSSR count). The fourth-order valence-corrected chi connectivity index (χ4v) is 1.46. The first kappa shape index (κ1) is 16.9. The SMILES string of the molecule is COc1cc(C=CC(=O)O)ccc1O.Nc1ccc(N)cc1. The second-order valence-electron chi connectivity index (χ2n) is 4.27. The Morgan fingerprint density at radius 2 is 1.64 bits per heavy atom. The number of aliphatic carboxylic acids is 1. The lowest BCUT2D eigenvalue weighted by Crippen LogP contribution is -1.87. The Bertz CT molecular complexity index is 631. The maximum Gasteiger partial charge on any atom is 0.328 e. The van der Waals surface area contributed by atoms with Crippen LogP contribution >= 0.6 is 0 Å². The van der Waals surface area contributed by atoms with Gasteiger partial charge in [-0.1, -0.05) is 6.07 Å². The highest BCUT2D eigenvalue weighted by Crippen LogP contribution is 2.26. The standard InChI is InChI=1S/C10H10O4.C6H8N2/c1-14-9-6-7(2-4-8(9)11)3-5-10(12)13;7-5-1-2-6(8)4-3-5/h2-6,11H,1H3,(H,12,13);1-4H,7-8H2. The summed E-state index contributed by atoms with van der Waals surface area (Å²) in [6.07, 6.45) is 2.44. The van der Waals surface area contributed by atoms with Crippen LogP contribution in [0.15, 0.2) is 48.5 Å². The molecule has 6 N–H and O–H groups in total. The molecule has 0 saturated heterocycles. The van der Waals surface area contributed by atoms with E-state index in [1.165, 1.54) is 19.3 Å². The largest absolute Gasteiger partial charge is 0.504 e. The summed E-state index contributed by atoms with van der Waals surface area (Å²) in [6.45, 7) is 0. The summed E-state index contributed by atoms with van der Waals surface area (Å²) in [6, 6.07) is 11.7. The van der Waals surface area contributed by atoms with Gasteiger partial charge in [-0.25, -0.2) is 4.79 Å². The van der Waals surface area contributed by atoms with Gasteiger partial charge >= 0.3 is 5.97 Å². The van der Waals surface area contributed by atoms with Crippen LogP contribution in [0.3, 0.4) is 0 Å². The number of rotatable bonds is 3. The summed E-state index contributed by atoms with van der Waals surface area (Å²) in [5.41, 5.74) is 12.9. The summed E-state index contributed by atoms with van der Waals surface area (Å²) in [5, 5.41) is 17.6. The van der Waals surface area contributed by atoms with Crippen molar-refractivity contribution in [2.45, 2.75) is 0 Å². The van der Waals surface area contributed by atoms with Gasteiger partial charge in [-0.3, -0.25) is 0 Å². The van der Waals surface area contributed by atoms with Gasteiger partial charge in [0, 0.05) is 17.5 Å². The summed E-state index contributed by atoms with van der Waals surface area (Å²) < 4.78 is 4.86. The monoisotopic (exact) mass is 302 g/mol. The summed E-state index contributed by atoms with van der Waals surface area (Å²) in [5.74, 6) is -0.672. The Labute approximate surface area is 128 Å². The topological polar surface area (TPSA) is 119 Å². The molecule has 0 aromatic heterocycles. The number of carboxylic acid groups (broad SMARTS) is 1. The second-order valence-corrected chi connectivity index (χ2v) is 4.27. The van der Waals surface area contributed by atoms with Crippen molar-refractivity contribution in [1.82, 2.24) is 0 Å². The molecular formula is C16H18N2O4. The van der Waals surface area contributed by atoms with Gasteiger partial charge in [0.1, 0.15) is 0 Å². The van der Waals surface area contributed by atoms with Gasteiger partial charge in [0.15, 0.2) is 11.5 Å². The van der Waals surface area contributed by atoms with E-state index >= 15 is 0 Å². The molecule has 0 fully saturated rings. The second kappa shape index (κ2) is 8.21. The zero-order valence-electron chi connectivity index (χ0n) is 12.1. The van der Waals surface area contributed by atoms with Crippen molar-refractivity contribution in [1.29, 1.82) is 0 Å². The number of ether oxygens (including phenoxy) is 1. The van der Waals surface area contributed by atoms with E-state index in [2.05, 4.69) is 0 Å². The van der Waals surface area contributed by atoms with Gasteiger partial charge in [-0.05, 0) is 48.0 Å². The number of nitrogens with two attached hydrogens (primary N) is 2. The lowest BCUT2D eigenvalue weighted by atomic mass is 10.2. The molecule has 6 nitrogen and oxygen atoms in total. The Kier molecular flexibility index (Phi) is 6.31. The number of aromatic hydroxyl groups is 1. The zero-order chi connectivity index (χ0) is 16.5. The van der Waals surface area contributed by atoms with Crippen LogP contribution in [0.4, 0.5) is 11.4 Å². The normalized spacial score (nSPS) is 9.86. The van der Waals surface area contributed by atoms with Crippen LogP contribution in [0.5, 0.6) is 11.5 Å². The van der Waals surface area contributed by atoms with Crippen LogP contribution in [-0.4, -0.2) is 23.3 Å². The van der Waals surface area contributed by atoms with Crippen molar-refractivity contribution < 1.29 is 19.7 Å². The number of methoxy groups -OCH3 is 1. The number of benzene rings is 2. The smallest absolute Gasteiger partial charge is 0.328 e. The lowest BCUT2D eigenvalue weighted by molar-refractivity contribution is -0.131. The Morgan fingerprint density at radius 3 is 2.09 bits per heavy atom. The minimum Gasteiger partial charge on any atom is -0.504 e. The molecule has 0 saturated carbocycles. The molecule has 0 aliphatic carbocycles. The molecule has 6 heteroatoms. The van der Waals surface area contributed by atoms with Crippen LogP contribution in [0.1, 0.15) is 5.56 Å². The van der Waals surface area contributed by atoms with Crippen molar-refractivity contribution in [2.75, 3.05) is 18.6 Å². The average Bonchev–Trinajstić information content (AvgIpc) is 2.50. The zero-order valence-corrected chi connectivity index (χ0v) is 12.1. The summed E-state index contributed by atoms with van der Waals surface area (Å²) in [7, 11) is 1.43. The molecule has 0 heterocycles. The molecule has 2 aromatic carbocycles. The third-order valence-electron chi connectivity index (χ3n) is 2.56. The molecule has 116 valence electrons. The van der Waals surface area contributed by atoms with Crippen LogP contribution in [0.2, 0.25) is 0 Å². The van der Waals surface area contributed by atoms with Crippen LogP contribution in [0.25, 0.3) is 6.08 Å². The molecule has 0 radical (unpaired) electrons. The Hall–Kier alpha value is -3.15. The minimum atomic E-state index is -1.02. The predicted octanol–water partition coefficient (Wildman–Crippen LogP) is 2.35. The van der Waals surface area contributed by atoms with Crippen LogP contribution in [-0.2, 0) is 4.79 Å². The van der Waals surface area contributed by atoms with Gasteiger partial charge in [0.05, 0.1) is 7.11 Å². The molecule has 2 aromatic rings. The molecular weight excluding hydrogens is 284 g/mol. The molecule has 0 spiro atoms. The molecule has 0 bridgehead atoms.